The van der Waals surface area contributed by atoms with Crippen LogP contribution in [0.3, 0.4) is 0 Å². The molecule has 0 spiro atoms. The molecule has 1 saturated heterocycles. The lowest BCUT2D eigenvalue weighted by Crippen LogP contribution is -2.43. The second-order valence-corrected chi connectivity index (χ2v) is 7.02. The van der Waals surface area contributed by atoms with Gasteiger partial charge in [0.1, 0.15) is 11.5 Å². The molecule has 0 aromatic heterocycles. The molecule has 2 rings (SSSR count). The predicted molar refractivity (Wildman–Crippen MR) is 88.8 cm³/mol. The number of cyclic esters (lactones) is 1. The maximum Gasteiger partial charge on any atom is 0.318 e. The molecule has 1 fully saturated rings. The number of methoxy groups -OCH3 is 1. The summed E-state index contributed by atoms with van der Waals surface area (Å²) < 4.78 is 10.1. The van der Waals surface area contributed by atoms with Crippen molar-refractivity contribution >= 4 is 40.9 Å². The van der Waals surface area contributed by atoms with Crippen molar-refractivity contribution < 1.29 is 23.9 Å². The summed E-state index contributed by atoms with van der Waals surface area (Å²) in [6.07, 6.45) is -0.397. The molecular weight excluding hydrogens is 355 g/mol. The molecule has 0 aliphatic carbocycles. The Morgan fingerprint density at radius 2 is 1.92 bits per heavy atom. The number of carbonyl (C=O) groups excluding carboxylic acids is 3. The van der Waals surface area contributed by atoms with Crippen molar-refractivity contribution in [1.82, 2.24) is 0 Å². The van der Waals surface area contributed by atoms with E-state index in [4.69, 9.17) is 32.7 Å². The Balaban J connectivity index is 2.39. The Bertz CT molecular complexity index is 684. The first kappa shape index (κ1) is 18.7. The Labute approximate surface area is 150 Å². The number of hydrogen-bond donors (Lipinski definition) is 0. The van der Waals surface area contributed by atoms with Gasteiger partial charge in [-0.3, -0.25) is 14.4 Å². The van der Waals surface area contributed by atoms with Crippen LogP contribution in [0.2, 0.25) is 10.0 Å². The van der Waals surface area contributed by atoms with E-state index in [2.05, 4.69) is 0 Å². The van der Waals surface area contributed by atoms with Gasteiger partial charge >= 0.3 is 11.9 Å². The summed E-state index contributed by atoms with van der Waals surface area (Å²) >= 11 is 11.9. The van der Waals surface area contributed by atoms with E-state index >= 15 is 0 Å². The zero-order chi connectivity index (χ0) is 18.1. The van der Waals surface area contributed by atoms with Crippen LogP contribution < -0.4 is 0 Å². The number of ketones is 1. The van der Waals surface area contributed by atoms with E-state index in [9.17, 15) is 14.4 Å². The first-order chi connectivity index (χ1) is 11.2. The molecule has 0 amide bonds. The van der Waals surface area contributed by atoms with E-state index < -0.39 is 29.4 Å². The van der Waals surface area contributed by atoms with Crippen molar-refractivity contribution in [3.63, 3.8) is 0 Å². The standard InChI is InChI=1S/C17H18Cl2O5/c1-17(2,16(22)23-3)15(21)10-5-7-13(20)24-14(10)9-4-6-11(18)12(19)8-9/h4,6,8,10,14H,5,7H2,1-3H3. The first-order valence-corrected chi connectivity index (χ1v) is 8.21. The average Bonchev–Trinajstić information content (AvgIpc) is 2.55. The van der Waals surface area contributed by atoms with Crippen molar-refractivity contribution in [2.75, 3.05) is 7.11 Å². The summed E-state index contributed by atoms with van der Waals surface area (Å²) in [6.45, 7) is 3.01. The highest BCUT2D eigenvalue weighted by Crippen LogP contribution is 2.40. The molecule has 130 valence electrons. The topological polar surface area (TPSA) is 69.7 Å². The highest BCUT2D eigenvalue weighted by atomic mass is 35.5. The van der Waals surface area contributed by atoms with Gasteiger partial charge in [-0.05, 0) is 38.0 Å². The number of benzene rings is 1. The lowest BCUT2D eigenvalue weighted by Gasteiger charge is -2.34. The van der Waals surface area contributed by atoms with Gasteiger partial charge in [-0.25, -0.2) is 0 Å². The molecular formula is C17H18Cl2O5. The van der Waals surface area contributed by atoms with Gasteiger partial charge in [-0.1, -0.05) is 29.3 Å². The Morgan fingerprint density at radius 1 is 1.25 bits per heavy atom. The first-order valence-electron chi connectivity index (χ1n) is 7.45. The van der Waals surface area contributed by atoms with E-state index in [1.807, 2.05) is 0 Å². The molecule has 2 unspecified atom stereocenters. The van der Waals surface area contributed by atoms with E-state index in [0.717, 1.165) is 0 Å². The van der Waals surface area contributed by atoms with Crippen LogP contribution in [0.4, 0.5) is 0 Å². The maximum atomic E-state index is 12.9. The molecule has 1 heterocycles. The number of halogens is 2. The van der Waals surface area contributed by atoms with Crippen LogP contribution in [0.1, 0.15) is 38.4 Å². The molecule has 7 heteroatoms. The van der Waals surface area contributed by atoms with Crippen LogP contribution in [-0.4, -0.2) is 24.8 Å². The van der Waals surface area contributed by atoms with Crippen LogP contribution in [0.15, 0.2) is 18.2 Å². The smallest absolute Gasteiger partial charge is 0.318 e. The van der Waals surface area contributed by atoms with Gasteiger partial charge in [0.2, 0.25) is 0 Å². The predicted octanol–water partition coefficient (Wildman–Crippen LogP) is 3.76. The molecule has 0 N–H and O–H groups in total. The summed E-state index contributed by atoms with van der Waals surface area (Å²) in [4.78, 5) is 36.6. The number of ether oxygens (including phenoxy) is 2. The molecule has 1 aliphatic rings. The monoisotopic (exact) mass is 372 g/mol. The minimum atomic E-state index is -1.34. The van der Waals surface area contributed by atoms with Crippen LogP contribution in [0, 0.1) is 11.3 Å². The van der Waals surface area contributed by atoms with Crippen molar-refractivity contribution in [1.29, 1.82) is 0 Å². The number of hydrogen-bond acceptors (Lipinski definition) is 5. The quantitative estimate of drug-likeness (QED) is 0.594. The minimum absolute atomic E-state index is 0.117. The number of carbonyl (C=O) groups is 3. The second kappa shape index (κ2) is 7.11. The second-order valence-electron chi connectivity index (χ2n) is 6.21. The Hall–Kier alpha value is -1.59. The lowest BCUT2D eigenvalue weighted by atomic mass is 9.75. The molecule has 1 aromatic carbocycles. The van der Waals surface area contributed by atoms with Crippen LogP contribution >= 0.6 is 23.2 Å². The van der Waals surface area contributed by atoms with Crippen LogP contribution in [0.25, 0.3) is 0 Å². The van der Waals surface area contributed by atoms with E-state index in [-0.39, 0.29) is 12.2 Å². The zero-order valence-corrected chi connectivity index (χ0v) is 15.1. The average molecular weight is 373 g/mol. The zero-order valence-electron chi connectivity index (χ0n) is 13.6. The molecule has 24 heavy (non-hydrogen) atoms. The number of Topliss-reactive ketones (excluding diaryl/α,β-unsaturated/α-hetero) is 1. The van der Waals surface area contributed by atoms with E-state index in [1.54, 1.807) is 18.2 Å². The minimum Gasteiger partial charge on any atom is -0.468 e. The summed E-state index contributed by atoms with van der Waals surface area (Å²) in [7, 11) is 1.23. The normalized spacial score (nSPS) is 21.1. The third-order valence-corrected chi connectivity index (χ3v) is 4.94. The molecule has 0 bridgehead atoms. The highest BCUT2D eigenvalue weighted by Gasteiger charge is 2.46. The van der Waals surface area contributed by atoms with E-state index in [1.165, 1.54) is 21.0 Å². The molecule has 5 nitrogen and oxygen atoms in total. The van der Waals surface area contributed by atoms with Crippen molar-refractivity contribution in [2.45, 2.75) is 32.8 Å². The fraction of sp³-hybridized carbons (Fsp3) is 0.471. The lowest BCUT2D eigenvalue weighted by molar-refractivity contribution is -0.167. The number of rotatable bonds is 4. The van der Waals surface area contributed by atoms with Gasteiger partial charge in [0, 0.05) is 6.42 Å². The summed E-state index contributed by atoms with van der Waals surface area (Å²) in [5.74, 6) is -2.02. The van der Waals surface area contributed by atoms with Crippen molar-refractivity contribution in [3.8, 4) is 0 Å². The maximum absolute atomic E-state index is 12.9. The van der Waals surface area contributed by atoms with Gasteiger partial charge in [0.25, 0.3) is 0 Å². The summed E-state index contributed by atoms with van der Waals surface area (Å²) in [5, 5.41) is 0.662. The highest BCUT2D eigenvalue weighted by molar-refractivity contribution is 6.42. The van der Waals surface area contributed by atoms with Gasteiger partial charge in [-0.2, -0.15) is 0 Å². The Kier molecular flexibility index (Phi) is 5.56. The molecule has 2 atom stereocenters. The van der Waals surface area contributed by atoms with Crippen molar-refractivity contribution in [3.05, 3.63) is 33.8 Å². The largest absolute Gasteiger partial charge is 0.468 e. The SMILES string of the molecule is COC(=O)C(C)(C)C(=O)C1CCC(=O)OC1c1ccc(Cl)c(Cl)c1. The fourth-order valence-electron chi connectivity index (χ4n) is 2.78. The van der Waals surface area contributed by atoms with E-state index in [0.29, 0.717) is 22.0 Å². The molecule has 0 radical (unpaired) electrons. The van der Waals surface area contributed by atoms with Gasteiger partial charge in [-0.15, -0.1) is 0 Å². The molecule has 1 aliphatic heterocycles. The summed E-state index contributed by atoms with van der Waals surface area (Å²) in [6, 6.07) is 4.80. The van der Waals surface area contributed by atoms with Crippen molar-refractivity contribution in [2.24, 2.45) is 11.3 Å². The van der Waals surface area contributed by atoms with Crippen LogP contribution in [0.5, 0.6) is 0 Å². The molecule has 1 aromatic rings. The van der Waals surface area contributed by atoms with Crippen LogP contribution in [-0.2, 0) is 23.9 Å². The fourth-order valence-corrected chi connectivity index (χ4v) is 3.09. The third kappa shape index (κ3) is 3.57. The Morgan fingerprint density at radius 3 is 2.50 bits per heavy atom. The third-order valence-electron chi connectivity index (χ3n) is 4.20. The van der Waals surface area contributed by atoms with Gasteiger partial charge < -0.3 is 9.47 Å². The van der Waals surface area contributed by atoms with Gasteiger partial charge in [0.05, 0.1) is 23.1 Å². The molecule has 0 saturated carbocycles. The summed E-state index contributed by atoms with van der Waals surface area (Å²) in [5.41, 5.74) is -0.770. The number of esters is 2. The van der Waals surface area contributed by atoms with Gasteiger partial charge in [0.15, 0.2) is 5.78 Å².